The fraction of sp³-hybridized carbons (Fsp3) is 0.840. The van der Waals surface area contributed by atoms with E-state index < -0.39 is 24.4 Å². The number of aliphatic hydroxyl groups excluding tert-OH is 7. The SMILES string of the molecule is CC(C)C1CCC(COC(=O)C2CCCCC2O)CC1.CC(C)c1ccc(COC(=O)C2CCCCC2O)cc1.CC1CC(OC(=O)C2CCCCC2O)CC(C)(C)C1.COC(=O)C1CCC(O)CC1.COC(=O)C1CCC(O)CC1.O=C(OCCO)C1CCCCC1O. The lowest BCUT2D eigenvalue weighted by atomic mass is 9.71. The normalized spacial score (nSPS) is 31.4. The van der Waals surface area contributed by atoms with Crippen LogP contribution in [0, 0.1) is 64.6 Å². The number of ether oxygens (including phenoxy) is 6. The second kappa shape index (κ2) is 43.9. The van der Waals surface area contributed by atoms with Crippen molar-refractivity contribution in [3.63, 3.8) is 0 Å². The number of carbonyl (C=O) groups excluding carboxylic acids is 6. The smallest absolute Gasteiger partial charge is 0.311 e. The molecule has 0 radical (unpaired) electrons. The predicted octanol–water partition coefficient (Wildman–Crippen LogP) is 11.7. The number of carbonyl (C=O) groups is 6. The minimum Gasteiger partial charge on any atom is -0.469 e. The molecule has 10 atom stereocenters. The van der Waals surface area contributed by atoms with Crippen molar-refractivity contribution in [3.8, 4) is 0 Å². The van der Waals surface area contributed by atoms with Crippen LogP contribution in [0.3, 0.4) is 0 Å². The van der Waals surface area contributed by atoms with Gasteiger partial charge in [-0.2, -0.15) is 0 Å². The van der Waals surface area contributed by atoms with E-state index in [0.717, 1.165) is 165 Å². The zero-order valence-corrected chi connectivity index (χ0v) is 59.0. The zero-order chi connectivity index (χ0) is 69.3. The van der Waals surface area contributed by atoms with Crippen LogP contribution >= 0.6 is 0 Å². The maximum absolute atomic E-state index is 12.2. The van der Waals surface area contributed by atoms with Crippen LogP contribution in [0.2, 0.25) is 0 Å². The quantitative estimate of drug-likeness (QED) is 0.0634. The summed E-state index contributed by atoms with van der Waals surface area (Å²) in [6.45, 7) is 16.4. The average Bonchev–Trinajstić information content (AvgIpc) is 0.991. The van der Waals surface area contributed by atoms with Crippen LogP contribution in [0.5, 0.6) is 0 Å². The Kier molecular flexibility index (Phi) is 38.4. The molecule has 8 aliphatic rings. The van der Waals surface area contributed by atoms with E-state index in [9.17, 15) is 49.2 Å². The molecule has 8 saturated carbocycles. The van der Waals surface area contributed by atoms with Gasteiger partial charge < -0.3 is 64.2 Å². The summed E-state index contributed by atoms with van der Waals surface area (Å²) in [4.78, 5) is 69.4. The van der Waals surface area contributed by atoms with E-state index in [2.05, 4.69) is 70.1 Å². The molecule has 1 aromatic carbocycles. The molecule has 540 valence electrons. The maximum atomic E-state index is 12.2. The van der Waals surface area contributed by atoms with Crippen molar-refractivity contribution in [2.45, 2.75) is 303 Å². The largest absolute Gasteiger partial charge is 0.469 e. The first-order valence-electron chi connectivity index (χ1n) is 36.4. The van der Waals surface area contributed by atoms with Crippen LogP contribution in [0.4, 0.5) is 0 Å². The molecule has 7 N–H and O–H groups in total. The highest BCUT2D eigenvalue weighted by atomic mass is 16.6. The van der Waals surface area contributed by atoms with Gasteiger partial charge in [-0.25, -0.2) is 0 Å². The second-order valence-corrected chi connectivity index (χ2v) is 29.9. The van der Waals surface area contributed by atoms with Gasteiger partial charge in [0.1, 0.15) is 19.3 Å². The van der Waals surface area contributed by atoms with Gasteiger partial charge in [0, 0.05) is 0 Å². The topological polar surface area (TPSA) is 299 Å². The van der Waals surface area contributed by atoms with E-state index in [1.165, 1.54) is 51.9 Å². The molecular weight excluding hydrogens is 1200 g/mol. The van der Waals surface area contributed by atoms with Crippen molar-refractivity contribution < 1.29 is 92.9 Å². The number of methoxy groups -OCH3 is 2. The first-order valence-corrected chi connectivity index (χ1v) is 36.4. The number of hydrogen-bond donors (Lipinski definition) is 7. The van der Waals surface area contributed by atoms with Crippen molar-refractivity contribution in [1.82, 2.24) is 0 Å². The summed E-state index contributed by atoms with van der Waals surface area (Å²) in [5.41, 5.74) is 2.53. The van der Waals surface area contributed by atoms with Gasteiger partial charge in [0.25, 0.3) is 0 Å². The van der Waals surface area contributed by atoms with E-state index >= 15 is 0 Å². The second-order valence-electron chi connectivity index (χ2n) is 29.9. The van der Waals surface area contributed by atoms with Gasteiger partial charge >= 0.3 is 35.8 Å². The van der Waals surface area contributed by atoms with Crippen LogP contribution < -0.4 is 0 Å². The first-order chi connectivity index (χ1) is 44.7. The summed E-state index contributed by atoms with van der Waals surface area (Å²) in [7, 11) is 2.82. The summed E-state index contributed by atoms with van der Waals surface area (Å²) in [5, 5.41) is 65.8. The average molecular weight is 1330 g/mol. The lowest BCUT2D eigenvalue weighted by Gasteiger charge is -2.39. The lowest BCUT2D eigenvalue weighted by Crippen LogP contribution is -2.38. The fourth-order valence-corrected chi connectivity index (χ4v) is 14.9. The summed E-state index contributed by atoms with van der Waals surface area (Å²) >= 11 is 0. The molecule has 0 amide bonds. The minimum atomic E-state index is -0.556. The summed E-state index contributed by atoms with van der Waals surface area (Å²) in [6, 6.07) is 8.15. The van der Waals surface area contributed by atoms with Crippen molar-refractivity contribution >= 4 is 35.8 Å². The van der Waals surface area contributed by atoms with Crippen molar-refractivity contribution in [3.05, 3.63) is 35.4 Å². The number of esters is 6. The number of rotatable bonds is 15. The molecule has 0 aromatic heterocycles. The van der Waals surface area contributed by atoms with Crippen LogP contribution in [-0.2, 0) is 63.8 Å². The Morgan fingerprint density at radius 3 is 1.24 bits per heavy atom. The fourth-order valence-electron chi connectivity index (χ4n) is 14.9. The van der Waals surface area contributed by atoms with E-state index in [1.807, 2.05) is 12.1 Å². The van der Waals surface area contributed by atoms with Crippen molar-refractivity contribution in [2.75, 3.05) is 34.0 Å². The summed E-state index contributed by atoms with van der Waals surface area (Å²) in [5.74, 6) is 0.857. The highest BCUT2D eigenvalue weighted by Crippen LogP contribution is 2.41. The molecule has 0 heterocycles. The number of hydrogen-bond acceptors (Lipinski definition) is 19. The highest BCUT2D eigenvalue weighted by Gasteiger charge is 2.39. The Morgan fingerprint density at radius 1 is 0.479 bits per heavy atom. The molecule has 0 spiro atoms. The molecule has 1 aromatic rings. The molecule has 0 saturated heterocycles. The molecular formula is C75H126O19. The third kappa shape index (κ3) is 30.3. The van der Waals surface area contributed by atoms with Crippen LogP contribution in [0.15, 0.2) is 24.3 Å². The van der Waals surface area contributed by atoms with Gasteiger partial charge in [0.05, 0.1) is 99.6 Å². The van der Waals surface area contributed by atoms with Crippen LogP contribution in [0.25, 0.3) is 0 Å². The van der Waals surface area contributed by atoms with Gasteiger partial charge in [-0.15, -0.1) is 0 Å². The molecule has 9 rings (SSSR count). The maximum Gasteiger partial charge on any atom is 0.311 e. The van der Waals surface area contributed by atoms with Gasteiger partial charge in [0.2, 0.25) is 0 Å². The predicted molar refractivity (Wildman–Crippen MR) is 358 cm³/mol. The molecule has 19 heteroatoms. The first kappa shape index (κ1) is 82.2. The zero-order valence-electron chi connectivity index (χ0n) is 59.0. The Morgan fingerprint density at radius 2 is 0.872 bits per heavy atom. The Balaban J connectivity index is 0.000000244. The van der Waals surface area contributed by atoms with Crippen molar-refractivity contribution in [1.29, 1.82) is 0 Å². The van der Waals surface area contributed by atoms with E-state index in [0.29, 0.717) is 50.2 Å². The van der Waals surface area contributed by atoms with E-state index in [-0.39, 0.29) is 108 Å². The van der Waals surface area contributed by atoms with Gasteiger partial charge in [-0.05, 0) is 194 Å². The van der Waals surface area contributed by atoms with E-state index in [1.54, 1.807) is 0 Å². The minimum absolute atomic E-state index is 0.0298. The summed E-state index contributed by atoms with van der Waals surface area (Å²) < 4.78 is 30.5. The lowest BCUT2D eigenvalue weighted by molar-refractivity contribution is -0.164. The van der Waals surface area contributed by atoms with Crippen molar-refractivity contribution in [2.24, 2.45) is 64.6 Å². The number of benzene rings is 1. The molecule has 0 bridgehead atoms. The highest BCUT2D eigenvalue weighted by molar-refractivity contribution is 5.75. The van der Waals surface area contributed by atoms with Crippen LogP contribution in [-0.4, -0.2) is 148 Å². The Bertz CT molecular complexity index is 2270. The monoisotopic (exact) mass is 1330 g/mol. The Hall–Kier alpha value is -4.24. The van der Waals surface area contributed by atoms with Gasteiger partial charge in [0.15, 0.2) is 0 Å². The number of aliphatic hydroxyl groups is 7. The molecule has 8 aliphatic carbocycles. The molecule has 8 fully saturated rings. The Labute approximate surface area is 563 Å². The molecule has 19 nitrogen and oxygen atoms in total. The van der Waals surface area contributed by atoms with Gasteiger partial charge in [-0.3, -0.25) is 28.8 Å². The standard InChI is InChI=1S/C17H30O3.C17H24O3.C16H28O3.C9H16O4.2C8H14O3/c2*1-12(2)14-9-7-13(8-10-14)11-20-17(19)15-5-3-4-6-16(15)18;1-11-8-12(10-16(2,3)9-11)19-15(18)13-6-4-5-7-14(13)17;10-5-6-13-9(12)7-3-1-2-4-8(7)11;2*1-11-8(10)6-2-4-7(9)5-3-6/h12-16,18H,3-11H2,1-2H3;7-10,12,15-16,18H,3-6,11H2,1-2H3;11-14,17H,4-10H2,1-3H3;7-8,10-11H,1-6H2;2*6-7,9H,2-5H2,1H3. The molecule has 0 aliphatic heterocycles. The molecule has 10 unspecified atom stereocenters. The van der Waals surface area contributed by atoms with Gasteiger partial charge in [-0.1, -0.05) is 124 Å². The third-order valence-electron chi connectivity index (χ3n) is 20.9. The van der Waals surface area contributed by atoms with E-state index in [4.69, 9.17) is 34.3 Å². The summed E-state index contributed by atoms with van der Waals surface area (Å²) in [6.07, 6.45) is 25.6. The molecule has 94 heavy (non-hydrogen) atoms. The third-order valence-corrected chi connectivity index (χ3v) is 20.9. The van der Waals surface area contributed by atoms with Crippen LogP contribution in [0.1, 0.15) is 265 Å².